The maximum atomic E-state index is 13.7. The van der Waals surface area contributed by atoms with Crippen LogP contribution in [0.25, 0.3) is 0 Å². The fourth-order valence-corrected chi connectivity index (χ4v) is 6.72. The van der Waals surface area contributed by atoms with Gasteiger partial charge in [0.05, 0.1) is 25.2 Å². The molecule has 256 valence electrons. The number of benzene rings is 1. The number of carbonyl (C=O) groups is 3. The third-order valence-electron chi connectivity index (χ3n) is 8.20. The van der Waals surface area contributed by atoms with E-state index in [0.29, 0.717) is 42.6 Å². The predicted molar refractivity (Wildman–Crippen MR) is 183 cm³/mol. The van der Waals surface area contributed by atoms with E-state index >= 15 is 0 Å². The molecule has 0 unspecified atom stereocenters. The highest BCUT2D eigenvalue weighted by Crippen LogP contribution is 2.26. The first-order valence-electron chi connectivity index (χ1n) is 16.5. The number of aryl methyl sites for hydroxylation is 2. The highest BCUT2D eigenvalue weighted by atomic mass is 32.1. The van der Waals surface area contributed by atoms with Crippen LogP contribution in [0.5, 0.6) is 0 Å². The first-order chi connectivity index (χ1) is 22.9. The molecule has 3 amide bonds. The Morgan fingerprint density at radius 1 is 0.938 bits per heavy atom. The van der Waals surface area contributed by atoms with Crippen LogP contribution in [-0.4, -0.2) is 71.5 Å². The lowest BCUT2D eigenvalue weighted by Gasteiger charge is -2.30. The second kappa shape index (κ2) is 15.6. The van der Waals surface area contributed by atoms with E-state index in [1.807, 2.05) is 56.0 Å². The average Bonchev–Trinajstić information content (AvgIpc) is 3.76. The van der Waals surface area contributed by atoms with E-state index in [1.54, 1.807) is 23.2 Å². The topological polar surface area (TPSA) is 163 Å². The molecule has 4 heterocycles. The summed E-state index contributed by atoms with van der Waals surface area (Å²) in [6.45, 7) is 12.8. The van der Waals surface area contributed by atoms with Crippen LogP contribution in [0.1, 0.15) is 90.4 Å². The van der Waals surface area contributed by atoms with Gasteiger partial charge in [0.25, 0.3) is 5.91 Å². The van der Waals surface area contributed by atoms with Crippen molar-refractivity contribution in [1.29, 1.82) is 0 Å². The summed E-state index contributed by atoms with van der Waals surface area (Å²) in [6.07, 6.45) is 2.85. The molecule has 0 fully saturated rings. The van der Waals surface area contributed by atoms with Crippen LogP contribution in [0.3, 0.4) is 0 Å². The van der Waals surface area contributed by atoms with Gasteiger partial charge in [0.1, 0.15) is 28.9 Å². The molecule has 2 bridgehead atoms. The Morgan fingerprint density at radius 2 is 1.69 bits per heavy atom. The monoisotopic (exact) mass is 674 g/mol. The van der Waals surface area contributed by atoms with Crippen molar-refractivity contribution in [3.63, 3.8) is 0 Å². The molecule has 3 aromatic heterocycles. The maximum Gasteiger partial charge on any atom is 0.271 e. The lowest BCUT2D eigenvalue weighted by molar-refractivity contribution is -0.123. The van der Waals surface area contributed by atoms with E-state index < -0.39 is 6.04 Å². The first kappa shape index (κ1) is 34.9. The molecule has 0 saturated heterocycles. The SMILES string of the molecule is Cc1nc2n(n1)CC(=O)N[C@@H](C(C)C)CN(Cc1ncc(C)[nH]1)CC(=O)N[C@@H](CC(C)C)c1nc(cs1)C(=O)N[C@H]2Cc1ccccc1. The first-order valence-corrected chi connectivity index (χ1v) is 17.3. The summed E-state index contributed by atoms with van der Waals surface area (Å²) in [4.78, 5) is 60.2. The number of rotatable bonds is 7. The van der Waals surface area contributed by atoms with Gasteiger partial charge in [-0.1, -0.05) is 58.0 Å². The quantitative estimate of drug-likeness (QED) is 0.231. The van der Waals surface area contributed by atoms with Crippen molar-refractivity contribution in [3.05, 3.63) is 81.3 Å². The summed E-state index contributed by atoms with van der Waals surface area (Å²) in [5, 5.41) is 16.4. The normalized spacial score (nSPS) is 20.2. The number of thiazole rings is 1. The number of hydrogen-bond acceptors (Lipinski definition) is 9. The van der Waals surface area contributed by atoms with E-state index in [0.717, 1.165) is 17.1 Å². The number of imidazole rings is 1. The van der Waals surface area contributed by atoms with Gasteiger partial charge in [-0.05, 0) is 44.1 Å². The number of aromatic nitrogens is 6. The highest BCUT2D eigenvalue weighted by molar-refractivity contribution is 7.09. The van der Waals surface area contributed by atoms with Crippen LogP contribution in [0.15, 0.2) is 41.9 Å². The van der Waals surface area contributed by atoms with Crippen LogP contribution >= 0.6 is 11.3 Å². The number of fused-ring (bicyclic) bond motifs is 3. The lowest BCUT2D eigenvalue weighted by Crippen LogP contribution is -2.50. The lowest BCUT2D eigenvalue weighted by atomic mass is 10.0. The van der Waals surface area contributed by atoms with Crippen LogP contribution < -0.4 is 16.0 Å². The van der Waals surface area contributed by atoms with Crippen molar-refractivity contribution in [3.8, 4) is 0 Å². The molecule has 48 heavy (non-hydrogen) atoms. The predicted octanol–water partition coefficient (Wildman–Crippen LogP) is 3.65. The van der Waals surface area contributed by atoms with Gasteiger partial charge in [0.2, 0.25) is 11.8 Å². The number of amides is 3. The molecule has 13 nitrogen and oxygen atoms in total. The molecule has 0 spiro atoms. The molecule has 4 N–H and O–H groups in total. The van der Waals surface area contributed by atoms with Crippen molar-refractivity contribution in [2.75, 3.05) is 13.1 Å². The third-order valence-corrected chi connectivity index (χ3v) is 9.15. The second-order valence-corrected chi connectivity index (χ2v) is 14.2. The van der Waals surface area contributed by atoms with Gasteiger partial charge < -0.3 is 20.9 Å². The van der Waals surface area contributed by atoms with Crippen molar-refractivity contribution < 1.29 is 14.4 Å². The Morgan fingerprint density at radius 3 is 2.38 bits per heavy atom. The standard InChI is InChI=1S/C34H46N10O3S/c1-20(2)12-26-34-41-28(19-48-34)33(47)40-25(13-24-10-8-7-9-11-24)32-37-23(6)42-44(32)18-31(46)39-27(21(3)4)15-43(17-30(45)38-26)16-29-35-14-22(5)36-29/h7-11,14,19-21,25-27H,12-13,15-18H2,1-6H3,(H,35,36)(H,38,45)(H,39,46)(H,40,47)/t25-,26-,27+/m0/s1. The van der Waals surface area contributed by atoms with E-state index in [4.69, 9.17) is 4.98 Å². The summed E-state index contributed by atoms with van der Waals surface area (Å²) >= 11 is 1.35. The number of carbonyl (C=O) groups excluding carboxylic acids is 3. The molecular formula is C34H46N10O3S. The second-order valence-electron chi connectivity index (χ2n) is 13.3. The Hall–Kier alpha value is -4.43. The van der Waals surface area contributed by atoms with Gasteiger partial charge in [-0.25, -0.2) is 19.6 Å². The van der Waals surface area contributed by atoms with Gasteiger partial charge in [-0.2, -0.15) is 5.10 Å². The molecule has 3 atom stereocenters. The van der Waals surface area contributed by atoms with Gasteiger partial charge in [0, 0.05) is 29.9 Å². The van der Waals surface area contributed by atoms with Crippen molar-refractivity contribution in [2.24, 2.45) is 11.8 Å². The largest absolute Gasteiger partial charge is 0.350 e. The van der Waals surface area contributed by atoms with Crippen molar-refractivity contribution >= 4 is 29.1 Å². The van der Waals surface area contributed by atoms with Crippen LogP contribution in [-0.2, 0) is 29.1 Å². The zero-order valence-electron chi connectivity index (χ0n) is 28.5. The van der Waals surface area contributed by atoms with Crippen LogP contribution in [0, 0.1) is 25.7 Å². The maximum absolute atomic E-state index is 13.7. The van der Waals surface area contributed by atoms with Gasteiger partial charge in [-0.15, -0.1) is 11.3 Å². The summed E-state index contributed by atoms with van der Waals surface area (Å²) < 4.78 is 1.57. The Bertz CT molecular complexity index is 1700. The van der Waals surface area contributed by atoms with E-state index in [-0.39, 0.29) is 60.4 Å². The minimum absolute atomic E-state index is 0.0629. The highest BCUT2D eigenvalue weighted by Gasteiger charge is 2.29. The Labute approximate surface area is 285 Å². The van der Waals surface area contributed by atoms with Gasteiger partial charge in [0.15, 0.2) is 5.82 Å². The molecule has 0 saturated carbocycles. The van der Waals surface area contributed by atoms with Crippen molar-refractivity contribution in [2.45, 2.75) is 85.6 Å². The van der Waals surface area contributed by atoms with E-state index in [9.17, 15) is 14.4 Å². The van der Waals surface area contributed by atoms with Gasteiger partial charge in [-0.3, -0.25) is 19.3 Å². The summed E-state index contributed by atoms with van der Waals surface area (Å²) in [5.41, 5.74) is 2.17. The summed E-state index contributed by atoms with van der Waals surface area (Å²) in [6, 6.07) is 8.57. The molecule has 4 aromatic rings. The molecule has 0 aliphatic carbocycles. The third kappa shape index (κ3) is 9.34. The molecular weight excluding hydrogens is 629 g/mol. The molecule has 1 aliphatic heterocycles. The van der Waals surface area contributed by atoms with Gasteiger partial charge >= 0.3 is 0 Å². The Kier molecular flexibility index (Phi) is 11.4. The Balaban J connectivity index is 1.53. The number of hydrogen-bond donors (Lipinski definition) is 4. The molecule has 0 radical (unpaired) electrons. The van der Waals surface area contributed by atoms with Crippen LogP contribution in [0.4, 0.5) is 0 Å². The molecule has 1 aromatic carbocycles. The summed E-state index contributed by atoms with van der Waals surface area (Å²) in [7, 11) is 0. The molecule has 1 aliphatic rings. The zero-order valence-corrected chi connectivity index (χ0v) is 29.3. The fraction of sp³-hybridized carbons (Fsp3) is 0.500. The van der Waals surface area contributed by atoms with E-state index in [1.165, 1.54) is 11.3 Å². The van der Waals surface area contributed by atoms with Crippen molar-refractivity contribution in [1.82, 2.24) is 50.6 Å². The molecule has 14 heteroatoms. The minimum atomic E-state index is -0.586. The smallest absolute Gasteiger partial charge is 0.271 e. The van der Waals surface area contributed by atoms with E-state index in [2.05, 4.69) is 49.8 Å². The number of nitrogens with one attached hydrogen (secondary N) is 4. The zero-order chi connectivity index (χ0) is 34.4. The number of H-pyrrole nitrogens is 1. The number of aromatic amines is 1. The average molecular weight is 675 g/mol. The summed E-state index contributed by atoms with van der Waals surface area (Å²) in [5.74, 6) is 1.25. The van der Waals surface area contributed by atoms with Crippen LogP contribution in [0.2, 0.25) is 0 Å². The molecule has 5 rings (SSSR count). The number of nitrogens with zero attached hydrogens (tertiary/aromatic N) is 6. The fourth-order valence-electron chi connectivity index (χ4n) is 5.86. The minimum Gasteiger partial charge on any atom is -0.350 e.